The minimum absolute atomic E-state index is 0.00320. The quantitative estimate of drug-likeness (QED) is 0.773. The van der Waals surface area contributed by atoms with Gasteiger partial charge in [0.15, 0.2) is 0 Å². The van der Waals surface area contributed by atoms with Crippen LogP contribution in [0.3, 0.4) is 0 Å². The molecule has 1 N–H and O–H groups in total. The van der Waals surface area contributed by atoms with Crippen LogP contribution in [0.25, 0.3) is 23.1 Å². The maximum absolute atomic E-state index is 9.36. The van der Waals surface area contributed by atoms with Crippen LogP contribution in [0.2, 0.25) is 5.02 Å². The summed E-state index contributed by atoms with van der Waals surface area (Å²) in [6, 6.07) is 6.33. The van der Waals surface area contributed by atoms with Gasteiger partial charge in [-0.2, -0.15) is 4.98 Å². The molecule has 0 atom stereocenters. The SMILES string of the molecule is Oc1ccc(-c2nc(-c3ncccn3)no2)cc1Cl. The molecule has 0 saturated carbocycles. The average molecular weight is 275 g/mol. The molecule has 3 aromatic rings. The normalized spacial score (nSPS) is 10.6. The molecule has 0 spiro atoms. The van der Waals surface area contributed by atoms with Crippen molar-refractivity contribution in [1.82, 2.24) is 20.1 Å². The molecule has 1 aromatic carbocycles. The van der Waals surface area contributed by atoms with Crippen molar-refractivity contribution in [2.45, 2.75) is 0 Å². The van der Waals surface area contributed by atoms with E-state index >= 15 is 0 Å². The van der Waals surface area contributed by atoms with E-state index in [1.807, 2.05) is 0 Å². The predicted octanol–water partition coefficient (Wildman–Crippen LogP) is 2.55. The van der Waals surface area contributed by atoms with E-state index in [4.69, 9.17) is 16.1 Å². The molecule has 0 fully saturated rings. The fourth-order valence-corrected chi connectivity index (χ4v) is 1.67. The lowest BCUT2D eigenvalue weighted by molar-refractivity contribution is 0.431. The molecule has 2 heterocycles. The molecule has 0 amide bonds. The van der Waals surface area contributed by atoms with Gasteiger partial charge in [0.05, 0.1) is 5.02 Å². The van der Waals surface area contributed by atoms with Gasteiger partial charge in [0.25, 0.3) is 5.89 Å². The number of aromatic hydroxyl groups is 1. The van der Waals surface area contributed by atoms with Crippen LogP contribution in [0.1, 0.15) is 0 Å². The van der Waals surface area contributed by atoms with Crippen LogP contribution in [0.4, 0.5) is 0 Å². The van der Waals surface area contributed by atoms with Gasteiger partial charge in [0.1, 0.15) is 5.75 Å². The van der Waals surface area contributed by atoms with Crippen LogP contribution in [-0.4, -0.2) is 25.2 Å². The first-order valence-corrected chi connectivity index (χ1v) is 5.72. The number of aromatic nitrogens is 4. The van der Waals surface area contributed by atoms with Gasteiger partial charge in [-0.3, -0.25) is 0 Å². The van der Waals surface area contributed by atoms with Crippen molar-refractivity contribution in [2.75, 3.05) is 0 Å². The second kappa shape index (κ2) is 4.66. The Morgan fingerprint density at radius 3 is 2.63 bits per heavy atom. The standard InChI is InChI=1S/C12H7ClN4O2/c13-8-6-7(2-3-9(8)18)12-16-11(17-19-12)10-14-4-1-5-15-10/h1-6,18H. The lowest BCUT2D eigenvalue weighted by Crippen LogP contribution is -1.88. The largest absolute Gasteiger partial charge is 0.506 e. The van der Waals surface area contributed by atoms with Gasteiger partial charge in [0.2, 0.25) is 11.6 Å². The number of rotatable bonds is 2. The molecule has 0 unspecified atom stereocenters. The maximum Gasteiger partial charge on any atom is 0.258 e. The predicted molar refractivity (Wildman–Crippen MR) is 67.4 cm³/mol. The molecule has 2 aromatic heterocycles. The van der Waals surface area contributed by atoms with Crippen LogP contribution in [0.15, 0.2) is 41.2 Å². The smallest absolute Gasteiger partial charge is 0.258 e. The number of hydrogen-bond acceptors (Lipinski definition) is 6. The van der Waals surface area contributed by atoms with E-state index in [1.165, 1.54) is 6.07 Å². The number of phenolic OH excluding ortho intramolecular Hbond substituents is 1. The summed E-state index contributed by atoms with van der Waals surface area (Å²) in [7, 11) is 0. The summed E-state index contributed by atoms with van der Waals surface area (Å²) in [6.07, 6.45) is 3.19. The third kappa shape index (κ3) is 2.25. The number of phenols is 1. The van der Waals surface area contributed by atoms with E-state index < -0.39 is 0 Å². The Hall–Kier alpha value is -2.47. The minimum atomic E-state index is -0.00320. The van der Waals surface area contributed by atoms with E-state index in [-0.39, 0.29) is 16.7 Å². The van der Waals surface area contributed by atoms with E-state index in [0.717, 1.165) is 0 Å². The monoisotopic (exact) mass is 274 g/mol. The molecule has 94 valence electrons. The van der Waals surface area contributed by atoms with E-state index in [0.29, 0.717) is 17.2 Å². The van der Waals surface area contributed by atoms with E-state index in [9.17, 15) is 5.11 Å². The fraction of sp³-hybridized carbons (Fsp3) is 0. The highest BCUT2D eigenvalue weighted by atomic mass is 35.5. The van der Waals surface area contributed by atoms with E-state index in [2.05, 4.69) is 20.1 Å². The highest BCUT2D eigenvalue weighted by Gasteiger charge is 2.13. The number of hydrogen-bond donors (Lipinski definition) is 1. The zero-order valence-corrected chi connectivity index (χ0v) is 10.2. The van der Waals surface area contributed by atoms with Crippen LogP contribution < -0.4 is 0 Å². The van der Waals surface area contributed by atoms with Crippen LogP contribution in [0.5, 0.6) is 5.75 Å². The van der Waals surface area contributed by atoms with Crippen LogP contribution in [-0.2, 0) is 0 Å². The van der Waals surface area contributed by atoms with Crippen molar-refractivity contribution in [3.05, 3.63) is 41.7 Å². The Balaban J connectivity index is 1.99. The number of benzene rings is 1. The Bertz CT molecular complexity index is 715. The lowest BCUT2D eigenvalue weighted by Gasteiger charge is -1.97. The molecule has 3 rings (SSSR count). The Labute approximate surface area is 112 Å². The van der Waals surface area contributed by atoms with Gasteiger partial charge in [-0.25, -0.2) is 9.97 Å². The topological polar surface area (TPSA) is 84.9 Å². The highest BCUT2D eigenvalue weighted by Crippen LogP contribution is 2.29. The summed E-state index contributed by atoms with van der Waals surface area (Å²) >= 11 is 5.82. The lowest BCUT2D eigenvalue weighted by atomic mass is 10.2. The molecule has 0 aliphatic rings. The van der Waals surface area contributed by atoms with Crippen molar-refractivity contribution in [1.29, 1.82) is 0 Å². The first-order valence-electron chi connectivity index (χ1n) is 5.34. The number of nitrogens with zero attached hydrogens (tertiary/aromatic N) is 4. The highest BCUT2D eigenvalue weighted by molar-refractivity contribution is 6.32. The summed E-state index contributed by atoms with van der Waals surface area (Å²) in [5, 5.41) is 13.4. The molecule has 0 radical (unpaired) electrons. The molecule has 0 bridgehead atoms. The van der Waals surface area contributed by atoms with Crippen molar-refractivity contribution >= 4 is 11.6 Å². The van der Waals surface area contributed by atoms with Crippen molar-refractivity contribution in [3.8, 4) is 28.9 Å². The molecule has 0 aliphatic carbocycles. The summed E-state index contributed by atoms with van der Waals surface area (Å²) in [5.74, 6) is 0.947. The molecular formula is C12H7ClN4O2. The summed E-state index contributed by atoms with van der Waals surface area (Å²) in [5.41, 5.74) is 0.609. The Morgan fingerprint density at radius 1 is 1.11 bits per heavy atom. The second-order valence-corrected chi connectivity index (χ2v) is 4.07. The van der Waals surface area contributed by atoms with Crippen molar-refractivity contribution in [3.63, 3.8) is 0 Å². The van der Waals surface area contributed by atoms with Gasteiger partial charge < -0.3 is 9.63 Å². The van der Waals surface area contributed by atoms with Crippen molar-refractivity contribution < 1.29 is 9.63 Å². The molecular weight excluding hydrogens is 268 g/mol. The number of halogens is 1. The maximum atomic E-state index is 9.36. The first kappa shape index (κ1) is 11.6. The van der Waals surface area contributed by atoms with Gasteiger partial charge in [-0.05, 0) is 24.3 Å². The van der Waals surface area contributed by atoms with Gasteiger partial charge in [-0.15, -0.1) is 0 Å². The van der Waals surface area contributed by atoms with Crippen LogP contribution in [0, 0.1) is 0 Å². The van der Waals surface area contributed by atoms with Crippen LogP contribution >= 0.6 is 11.6 Å². The Kier molecular flexibility index (Phi) is 2.85. The molecule has 6 nitrogen and oxygen atoms in total. The summed E-state index contributed by atoms with van der Waals surface area (Å²) in [4.78, 5) is 12.2. The minimum Gasteiger partial charge on any atom is -0.506 e. The third-order valence-corrected chi connectivity index (χ3v) is 2.69. The zero-order chi connectivity index (χ0) is 13.2. The molecule has 0 aliphatic heterocycles. The van der Waals surface area contributed by atoms with Gasteiger partial charge >= 0.3 is 0 Å². The third-order valence-electron chi connectivity index (χ3n) is 2.39. The zero-order valence-electron chi connectivity index (χ0n) is 9.49. The van der Waals surface area contributed by atoms with Gasteiger partial charge in [0, 0.05) is 18.0 Å². The summed E-state index contributed by atoms with van der Waals surface area (Å²) in [6.45, 7) is 0. The Morgan fingerprint density at radius 2 is 1.89 bits per heavy atom. The molecule has 7 heteroatoms. The fourth-order valence-electron chi connectivity index (χ4n) is 1.49. The van der Waals surface area contributed by atoms with Gasteiger partial charge in [-0.1, -0.05) is 16.8 Å². The first-order chi connectivity index (χ1) is 9.24. The molecule has 19 heavy (non-hydrogen) atoms. The second-order valence-electron chi connectivity index (χ2n) is 3.66. The average Bonchev–Trinajstić information content (AvgIpc) is 2.93. The summed E-state index contributed by atoms with van der Waals surface area (Å²) < 4.78 is 5.12. The van der Waals surface area contributed by atoms with E-state index in [1.54, 1.807) is 30.6 Å². The van der Waals surface area contributed by atoms with Crippen molar-refractivity contribution in [2.24, 2.45) is 0 Å². The molecule has 0 saturated heterocycles.